The molecule has 0 amide bonds. The lowest BCUT2D eigenvalue weighted by atomic mass is 10.2. The van der Waals surface area contributed by atoms with Gasteiger partial charge in [-0.1, -0.05) is 24.3 Å². The number of aromatic nitrogens is 2. The number of hydrogen-bond donors (Lipinski definition) is 0. The Kier molecular flexibility index (Phi) is 2.20. The molecule has 0 saturated heterocycles. The van der Waals surface area contributed by atoms with E-state index >= 15 is 0 Å². The molecule has 0 N–H and O–H groups in total. The van der Waals surface area contributed by atoms with Crippen molar-refractivity contribution >= 4 is 0 Å². The van der Waals surface area contributed by atoms with E-state index in [0.717, 1.165) is 5.56 Å². The molecule has 2 rings (SSSR count). The van der Waals surface area contributed by atoms with Crippen molar-refractivity contribution in [1.29, 1.82) is 5.26 Å². The zero-order valence-corrected chi connectivity index (χ0v) is 7.31. The van der Waals surface area contributed by atoms with Gasteiger partial charge in [-0.2, -0.15) is 5.26 Å². The van der Waals surface area contributed by atoms with Gasteiger partial charge in [0, 0.05) is 18.0 Å². The lowest BCUT2D eigenvalue weighted by Crippen LogP contribution is -1.88. The van der Waals surface area contributed by atoms with Gasteiger partial charge in [0.1, 0.15) is 6.07 Å². The average molecular weight is 180 g/mol. The molecule has 65 valence electrons. The van der Waals surface area contributed by atoms with Gasteiger partial charge in [0.15, 0.2) is 5.82 Å². The Morgan fingerprint density at radius 2 is 1.79 bits per heavy atom. The molecule has 14 heavy (non-hydrogen) atoms. The summed E-state index contributed by atoms with van der Waals surface area (Å²) in [7, 11) is 0. The maximum absolute atomic E-state index is 8.56. The van der Waals surface area contributed by atoms with E-state index in [1.165, 1.54) is 12.4 Å². The Bertz CT molecular complexity index is 454. The molecule has 0 spiro atoms. The van der Waals surface area contributed by atoms with Crippen molar-refractivity contribution in [1.82, 2.24) is 9.97 Å². The molecular formula is C11H6N3. The van der Waals surface area contributed by atoms with Gasteiger partial charge in [0.2, 0.25) is 0 Å². The third-order valence-electron chi connectivity index (χ3n) is 1.76. The predicted octanol–water partition coefficient (Wildman–Crippen LogP) is 1.82. The SMILES string of the molecule is N#Cc1cnc(-c2cc[c]cc2)nc1. The molecule has 0 bridgehead atoms. The van der Waals surface area contributed by atoms with E-state index in [1.54, 1.807) is 12.1 Å². The minimum Gasteiger partial charge on any atom is -0.235 e. The molecule has 0 unspecified atom stereocenters. The number of benzene rings is 1. The highest BCUT2D eigenvalue weighted by molar-refractivity contribution is 5.54. The molecule has 0 aliphatic rings. The fourth-order valence-electron chi connectivity index (χ4n) is 1.07. The van der Waals surface area contributed by atoms with Crippen LogP contribution in [0.4, 0.5) is 0 Å². The average Bonchev–Trinajstić information content (AvgIpc) is 2.30. The lowest BCUT2D eigenvalue weighted by molar-refractivity contribution is 1.16. The summed E-state index contributed by atoms with van der Waals surface area (Å²) in [6, 6.07) is 12.2. The number of nitriles is 1. The van der Waals surface area contributed by atoms with E-state index in [1.807, 2.05) is 18.2 Å². The van der Waals surface area contributed by atoms with Crippen molar-refractivity contribution in [2.45, 2.75) is 0 Å². The predicted molar refractivity (Wildman–Crippen MR) is 51.0 cm³/mol. The van der Waals surface area contributed by atoms with Crippen molar-refractivity contribution in [3.05, 3.63) is 48.3 Å². The van der Waals surface area contributed by atoms with E-state index in [-0.39, 0.29) is 0 Å². The van der Waals surface area contributed by atoms with Crippen molar-refractivity contribution < 1.29 is 0 Å². The molecule has 0 atom stereocenters. The van der Waals surface area contributed by atoms with E-state index in [4.69, 9.17) is 5.26 Å². The molecule has 1 aromatic heterocycles. The second-order valence-electron chi connectivity index (χ2n) is 2.70. The van der Waals surface area contributed by atoms with Gasteiger partial charge in [-0.25, -0.2) is 9.97 Å². The number of rotatable bonds is 1. The van der Waals surface area contributed by atoms with Gasteiger partial charge in [-0.15, -0.1) is 0 Å². The molecule has 1 aromatic carbocycles. The highest BCUT2D eigenvalue weighted by atomic mass is 14.9. The van der Waals surface area contributed by atoms with Crippen LogP contribution in [0.25, 0.3) is 11.4 Å². The zero-order chi connectivity index (χ0) is 9.80. The van der Waals surface area contributed by atoms with Crippen molar-refractivity contribution in [3.63, 3.8) is 0 Å². The smallest absolute Gasteiger partial charge is 0.159 e. The molecule has 3 nitrogen and oxygen atoms in total. The van der Waals surface area contributed by atoms with E-state index < -0.39 is 0 Å². The van der Waals surface area contributed by atoms with E-state index in [0.29, 0.717) is 11.4 Å². The largest absolute Gasteiger partial charge is 0.235 e. The van der Waals surface area contributed by atoms with Gasteiger partial charge in [-0.05, 0) is 6.07 Å². The molecule has 0 saturated carbocycles. The molecule has 2 aromatic rings. The van der Waals surface area contributed by atoms with Crippen molar-refractivity contribution in [2.24, 2.45) is 0 Å². The number of nitrogens with zero attached hydrogens (tertiary/aromatic N) is 3. The molecule has 0 fully saturated rings. The summed E-state index contributed by atoms with van der Waals surface area (Å²) in [5, 5.41) is 8.56. The fraction of sp³-hybridized carbons (Fsp3) is 0. The first-order valence-electron chi connectivity index (χ1n) is 4.09. The zero-order valence-electron chi connectivity index (χ0n) is 7.31. The van der Waals surface area contributed by atoms with Crippen LogP contribution in [0.3, 0.4) is 0 Å². The van der Waals surface area contributed by atoms with E-state index in [9.17, 15) is 0 Å². The van der Waals surface area contributed by atoms with Crippen LogP contribution in [-0.4, -0.2) is 9.97 Å². The highest BCUT2D eigenvalue weighted by Crippen LogP contribution is 2.12. The maximum Gasteiger partial charge on any atom is 0.159 e. The molecular weight excluding hydrogens is 174 g/mol. The third-order valence-corrected chi connectivity index (χ3v) is 1.76. The summed E-state index contributed by atoms with van der Waals surface area (Å²) in [5.74, 6) is 0.623. The van der Waals surface area contributed by atoms with Crippen molar-refractivity contribution in [3.8, 4) is 17.5 Å². The van der Waals surface area contributed by atoms with E-state index in [2.05, 4.69) is 16.0 Å². The molecule has 0 aliphatic carbocycles. The van der Waals surface area contributed by atoms with Crippen LogP contribution >= 0.6 is 0 Å². The summed E-state index contributed by atoms with van der Waals surface area (Å²) in [5.41, 5.74) is 1.39. The Labute approximate surface area is 81.7 Å². The standard InChI is InChI=1S/C11H6N3/c12-6-9-7-13-11(14-8-9)10-4-2-1-3-5-10/h2-5,7-8H. The molecule has 1 heterocycles. The second kappa shape index (κ2) is 3.67. The van der Waals surface area contributed by atoms with Gasteiger partial charge in [0.05, 0.1) is 5.56 Å². The van der Waals surface area contributed by atoms with Crippen LogP contribution in [0, 0.1) is 17.4 Å². The normalized spacial score (nSPS) is 9.36. The summed E-state index contributed by atoms with van der Waals surface area (Å²) < 4.78 is 0. The van der Waals surface area contributed by atoms with Crippen LogP contribution < -0.4 is 0 Å². The van der Waals surface area contributed by atoms with Crippen molar-refractivity contribution in [2.75, 3.05) is 0 Å². The van der Waals surface area contributed by atoms with Crippen LogP contribution in [0.2, 0.25) is 0 Å². The van der Waals surface area contributed by atoms with Gasteiger partial charge < -0.3 is 0 Å². The second-order valence-corrected chi connectivity index (χ2v) is 2.70. The molecule has 1 radical (unpaired) electrons. The quantitative estimate of drug-likeness (QED) is 0.672. The Hall–Kier alpha value is -2.21. The summed E-state index contributed by atoms with van der Waals surface area (Å²) in [6.07, 6.45) is 3.03. The maximum atomic E-state index is 8.56. The number of hydrogen-bond acceptors (Lipinski definition) is 3. The first-order valence-corrected chi connectivity index (χ1v) is 4.09. The van der Waals surface area contributed by atoms with Gasteiger partial charge in [-0.3, -0.25) is 0 Å². The topological polar surface area (TPSA) is 49.6 Å². The highest BCUT2D eigenvalue weighted by Gasteiger charge is 1.99. The van der Waals surface area contributed by atoms with Gasteiger partial charge >= 0.3 is 0 Å². The van der Waals surface area contributed by atoms with Crippen LogP contribution in [-0.2, 0) is 0 Å². The Morgan fingerprint density at radius 3 is 2.36 bits per heavy atom. The fourth-order valence-corrected chi connectivity index (χ4v) is 1.07. The third kappa shape index (κ3) is 1.59. The summed E-state index contributed by atoms with van der Waals surface area (Å²) >= 11 is 0. The first-order chi connectivity index (χ1) is 6.90. The molecule has 0 aliphatic heterocycles. The Balaban J connectivity index is 2.40. The summed E-state index contributed by atoms with van der Waals surface area (Å²) in [6.45, 7) is 0. The van der Waals surface area contributed by atoms with Gasteiger partial charge in [0.25, 0.3) is 0 Å². The minimum atomic E-state index is 0.469. The summed E-state index contributed by atoms with van der Waals surface area (Å²) in [4.78, 5) is 8.14. The molecule has 3 heteroatoms. The van der Waals surface area contributed by atoms with Crippen LogP contribution in [0.1, 0.15) is 5.56 Å². The first kappa shape index (κ1) is 8.39. The van der Waals surface area contributed by atoms with Crippen LogP contribution in [0.5, 0.6) is 0 Å². The monoisotopic (exact) mass is 180 g/mol. The lowest BCUT2D eigenvalue weighted by Gasteiger charge is -1.97. The minimum absolute atomic E-state index is 0.469. The Morgan fingerprint density at radius 1 is 1.14 bits per heavy atom. The van der Waals surface area contributed by atoms with Crippen LogP contribution in [0.15, 0.2) is 36.7 Å².